The number of hydrogen-bond donors (Lipinski definition) is 1. The van der Waals surface area contributed by atoms with Crippen LogP contribution in [-0.4, -0.2) is 35.1 Å². The van der Waals surface area contributed by atoms with Gasteiger partial charge >= 0.3 is 0 Å². The average molecular weight is 183 g/mol. The number of aliphatic hydroxyl groups is 1. The molecule has 0 aromatic rings. The summed E-state index contributed by atoms with van der Waals surface area (Å²) in [6.45, 7) is 6.94. The van der Waals surface area contributed by atoms with Gasteiger partial charge in [0, 0.05) is 19.0 Å². The molecule has 1 heterocycles. The zero-order valence-electron chi connectivity index (χ0n) is 8.07. The van der Waals surface area contributed by atoms with Crippen LogP contribution in [0.15, 0.2) is 12.7 Å². The molecule has 13 heavy (non-hydrogen) atoms. The molecule has 0 bridgehead atoms. The molecular formula is C10H17NO2. The summed E-state index contributed by atoms with van der Waals surface area (Å²) in [6.07, 6.45) is 2.82. The molecule has 0 saturated carbocycles. The van der Waals surface area contributed by atoms with Crippen LogP contribution in [0.1, 0.15) is 19.8 Å². The molecule has 2 atom stereocenters. The molecule has 1 N–H and O–H groups in total. The summed E-state index contributed by atoms with van der Waals surface area (Å²) in [6, 6.07) is 0. The second kappa shape index (κ2) is 4.42. The van der Waals surface area contributed by atoms with E-state index in [0.717, 1.165) is 25.9 Å². The lowest BCUT2D eigenvalue weighted by Gasteiger charge is -2.21. The van der Waals surface area contributed by atoms with Crippen LogP contribution in [0, 0.1) is 5.92 Å². The maximum Gasteiger partial charge on any atom is 0.252 e. The summed E-state index contributed by atoms with van der Waals surface area (Å²) >= 11 is 0. The van der Waals surface area contributed by atoms with Gasteiger partial charge in [-0.25, -0.2) is 0 Å². The minimum Gasteiger partial charge on any atom is -0.383 e. The van der Waals surface area contributed by atoms with Gasteiger partial charge in [0.15, 0.2) is 0 Å². The minimum absolute atomic E-state index is 0.148. The summed E-state index contributed by atoms with van der Waals surface area (Å²) in [7, 11) is 0. The van der Waals surface area contributed by atoms with Crippen LogP contribution in [0.25, 0.3) is 0 Å². The maximum atomic E-state index is 11.6. The Morgan fingerprint density at radius 2 is 2.08 bits per heavy atom. The van der Waals surface area contributed by atoms with Crippen LogP contribution in [-0.2, 0) is 4.79 Å². The SMILES string of the molecule is C=C[C@H](C)[C@@H](O)C(=O)N1CCCC1. The summed E-state index contributed by atoms with van der Waals surface area (Å²) < 4.78 is 0. The van der Waals surface area contributed by atoms with E-state index in [-0.39, 0.29) is 11.8 Å². The van der Waals surface area contributed by atoms with E-state index in [1.54, 1.807) is 17.9 Å². The van der Waals surface area contributed by atoms with Crippen LogP contribution < -0.4 is 0 Å². The van der Waals surface area contributed by atoms with E-state index in [0.29, 0.717) is 0 Å². The molecule has 1 rings (SSSR count). The van der Waals surface area contributed by atoms with Crippen molar-refractivity contribution in [3.63, 3.8) is 0 Å². The van der Waals surface area contributed by atoms with E-state index >= 15 is 0 Å². The molecule has 1 saturated heterocycles. The number of nitrogens with zero attached hydrogens (tertiary/aromatic N) is 1. The zero-order chi connectivity index (χ0) is 9.84. The first kappa shape index (κ1) is 10.3. The molecule has 3 nitrogen and oxygen atoms in total. The highest BCUT2D eigenvalue weighted by Crippen LogP contribution is 2.13. The van der Waals surface area contributed by atoms with Crippen LogP contribution in [0.5, 0.6) is 0 Å². The second-order valence-electron chi connectivity index (χ2n) is 3.57. The lowest BCUT2D eigenvalue weighted by molar-refractivity contribution is -0.140. The number of rotatable bonds is 3. The molecule has 0 unspecified atom stereocenters. The Labute approximate surface area is 79.0 Å². The summed E-state index contributed by atoms with van der Waals surface area (Å²) in [5, 5.41) is 9.58. The van der Waals surface area contributed by atoms with E-state index in [1.165, 1.54) is 0 Å². The van der Waals surface area contributed by atoms with Crippen molar-refractivity contribution in [1.82, 2.24) is 4.90 Å². The smallest absolute Gasteiger partial charge is 0.252 e. The molecule has 1 aliphatic heterocycles. The lowest BCUT2D eigenvalue weighted by Crippen LogP contribution is -2.39. The highest BCUT2D eigenvalue weighted by atomic mass is 16.3. The fraction of sp³-hybridized carbons (Fsp3) is 0.700. The van der Waals surface area contributed by atoms with E-state index in [4.69, 9.17) is 0 Å². The summed E-state index contributed by atoms with van der Waals surface area (Å²) in [5.74, 6) is -0.307. The number of likely N-dealkylation sites (tertiary alicyclic amines) is 1. The Morgan fingerprint density at radius 3 is 2.54 bits per heavy atom. The van der Waals surface area contributed by atoms with Crippen LogP contribution in [0.2, 0.25) is 0 Å². The molecule has 1 amide bonds. The number of carbonyl (C=O) groups is 1. The average Bonchev–Trinajstić information content (AvgIpc) is 2.67. The normalized spacial score (nSPS) is 21.2. The molecule has 0 spiro atoms. The highest BCUT2D eigenvalue weighted by Gasteiger charge is 2.27. The quantitative estimate of drug-likeness (QED) is 0.657. The summed E-state index contributed by atoms with van der Waals surface area (Å²) in [5.41, 5.74) is 0. The second-order valence-corrected chi connectivity index (χ2v) is 3.57. The topological polar surface area (TPSA) is 40.5 Å². The van der Waals surface area contributed by atoms with E-state index in [1.807, 2.05) is 0 Å². The van der Waals surface area contributed by atoms with Crippen molar-refractivity contribution in [2.75, 3.05) is 13.1 Å². The first-order valence-electron chi connectivity index (χ1n) is 4.76. The van der Waals surface area contributed by atoms with E-state index < -0.39 is 6.10 Å². The van der Waals surface area contributed by atoms with Crippen LogP contribution in [0.4, 0.5) is 0 Å². The van der Waals surface area contributed by atoms with Crippen LogP contribution in [0.3, 0.4) is 0 Å². The number of amides is 1. The molecular weight excluding hydrogens is 166 g/mol. The van der Waals surface area contributed by atoms with Crippen LogP contribution >= 0.6 is 0 Å². The molecule has 0 aromatic heterocycles. The molecule has 1 fully saturated rings. The van der Waals surface area contributed by atoms with Gasteiger partial charge in [-0.1, -0.05) is 13.0 Å². The van der Waals surface area contributed by atoms with Gasteiger partial charge in [0.05, 0.1) is 0 Å². The fourth-order valence-corrected chi connectivity index (χ4v) is 1.48. The van der Waals surface area contributed by atoms with Gasteiger partial charge in [-0.3, -0.25) is 4.79 Å². The molecule has 1 aliphatic rings. The van der Waals surface area contributed by atoms with Gasteiger partial charge in [0.25, 0.3) is 5.91 Å². The molecule has 0 aromatic carbocycles. The van der Waals surface area contributed by atoms with Gasteiger partial charge < -0.3 is 10.0 Å². The third-order valence-corrected chi connectivity index (χ3v) is 2.54. The van der Waals surface area contributed by atoms with Crippen molar-refractivity contribution in [3.8, 4) is 0 Å². The lowest BCUT2D eigenvalue weighted by atomic mass is 10.0. The number of carbonyl (C=O) groups excluding carboxylic acids is 1. The van der Waals surface area contributed by atoms with Crippen molar-refractivity contribution in [3.05, 3.63) is 12.7 Å². The van der Waals surface area contributed by atoms with Crippen molar-refractivity contribution in [2.45, 2.75) is 25.9 Å². The predicted molar refractivity (Wildman–Crippen MR) is 51.2 cm³/mol. The van der Waals surface area contributed by atoms with Gasteiger partial charge in [-0.15, -0.1) is 6.58 Å². The monoisotopic (exact) mass is 183 g/mol. The Hall–Kier alpha value is -0.830. The van der Waals surface area contributed by atoms with Crippen molar-refractivity contribution in [2.24, 2.45) is 5.92 Å². The predicted octanol–water partition coefficient (Wildman–Crippen LogP) is 0.792. The van der Waals surface area contributed by atoms with Gasteiger partial charge in [-0.2, -0.15) is 0 Å². The molecule has 74 valence electrons. The minimum atomic E-state index is -0.907. The third kappa shape index (κ3) is 2.31. The van der Waals surface area contributed by atoms with Crippen molar-refractivity contribution < 1.29 is 9.90 Å². The summed E-state index contributed by atoms with van der Waals surface area (Å²) in [4.78, 5) is 13.3. The maximum absolute atomic E-state index is 11.6. The Kier molecular flexibility index (Phi) is 3.48. The van der Waals surface area contributed by atoms with E-state index in [2.05, 4.69) is 6.58 Å². The van der Waals surface area contributed by atoms with Crippen molar-refractivity contribution >= 4 is 5.91 Å². The number of aliphatic hydroxyl groups excluding tert-OH is 1. The van der Waals surface area contributed by atoms with Crippen molar-refractivity contribution in [1.29, 1.82) is 0 Å². The standard InChI is InChI=1S/C10H17NO2/c1-3-8(2)9(12)10(13)11-6-4-5-7-11/h3,8-9,12H,1,4-7H2,2H3/t8-,9+/m0/s1. The Morgan fingerprint density at radius 1 is 1.54 bits per heavy atom. The van der Waals surface area contributed by atoms with Gasteiger partial charge in [0.1, 0.15) is 6.10 Å². The molecule has 3 heteroatoms. The Balaban J connectivity index is 2.50. The first-order valence-corrected chi connectivity index (χ1v) is 4.76. The van der Waals surface area contributed by atoms with Gasteiger partial charge in [0.2, 0.25) is 0 Å². The van der Waals surface area contributed by atoms with E-state index in [9.17, 15) is 9.90 Å². The third-order valence-electron chi connectivity index (χ3n) is 2.54. The highest BCUT2D eigenvalue weighted by molar-refractivity contribution is 5.81. The largest absolute Gasteiger partial charge is 0.383 e. The number of hydrogen-bond acceptors (Lipinski definition) is 2. The van der Waals surface area contributed by atoms with Gasteiger partial charge in [-0.05, 0) is 12.8 Å². The zero-order valence-corrected chi connectivity index (χ0v) is 8.07. The molecule has 0 aliphatic carbocycles. The fourth-order valence-electron chi connectivity index (χ4n) is 1.48. The Bertz CT molecular complexity index is 197. The molecule has 0 radical (unpaired) electrons. The first-order chi connectivity index (χ1) is 6.16.